The molecule has 0 aromatic heterocycles. The normalized spacial score (nSPS) is 14.0. The van der Waals surface area contributed by atoms with E-state index < -0.39 is 10.5 Å². The van der Waals surface area contributed by atoms with Crippen LogP contribution in [-0.2, 0) is 6.54 Å². The third-order valence-corrected chi connectivity index (χ3v) is 3.26. The minimum atomic E-state index is -0.912. The number of nitrogens with one attached hydrogen (secondary N) is 1. The molecule has 1 aromatic carbocycles. The second-order valence-corrected chi connectivity index (χ2v) is 5.72. The first-order valence-corrected chi connectivity index (χ1v) is 7.11. The summed E-state index contributed by atoms with van der Waals surface area (Å²) in [5.74, 6) is 0.558. The van der Waals surface area contributed by atoms with Crippen molar-refractivity contribution in [1.29, 1.82) is 0 Å². The molecule has 118 valence electrons. The van der Waals surface area contributed by atoms with Crippen molar-refractivity contribution < 1.29 is 14.8 Å². The maximum atomic E-state index is 10.9. The highest BCUT2D eigenvalue weighted by Crippen LogP contribution is 2.25. The van der Waals surface area contributed by atoms with E-state index in [-0.39, 0.29) is 18.3 Å². The van der Waals surface area contributed by atoms with Gasteiger partial charge in [-0.25, -0.2) is 0 Å². The van der Waals surface area contributed by atoms with Crippen LogP contribution < -0.4 is 10.1 Å². The number of nitro groups is 1. The molecule has 0 radical (unpaired) electrons. The molecule has 1 unspecified atom stereocenters. The highest BCUT2D eigenvalue weighted by atomic mass is 16.6. The number of non-ortho nitro benzene ring substituents is 1. The second-order valence-electron chi connectivity index (χ2n) is 5.72. The molecule has 0 aliphatic rings. The molecule has 2 N–H and O–H groups in total. The van der Waals surface area contributed by atoms with Crippen LogP contribution in [0.5, 0.6) is 5.75 Å². The predicted octanol–water partition coefficient (Wildman–Crippen LogP) is 2.63. The summed E-state index contributed by atoms with van der Waals surface area (Å²) in [6.07, 6.45) is 0.569. The van der Waals surface area contributed by atoms with E-state index in [1.165, 1.54) is 12.1 Å². The van der Waals surface area contributed by atoms with Gasteiger partial charge in [0, 0.05) is 30.3 Å². The fraction of sp³-hybridized carbons (Fsp3) is 0.600. The average Bonchev–Trinajstić information content (AvgIpc) is 2.43. The first-order chi connectivity index (χ1) is 9.75. The molecule has 0 spiro atoms. The first-order valence-electron chi connectivity index (χ1n) is 7.11. The molecule has 0 heterocycles. The summed E-state index contributed by atoms with van der Waals surface area (Å²) in [5, 5.41) is 24.1. The van der Waals surface area contributed by atoms with Crippen molar-refractivity contribution >= 4 is 5.69 Å². The van der Waals surface area contributed by atoms with Gasteiger partial charge < -0.3 is 15.2 Å². The van der Waals surface area contributed by atoms with Gasteiger partial charge in [-0.1, -0.05) is 20.8 Å². The Hall–Kier alpha value is -1.66. The third kappa shape index (κ3) is 5.69. The lowest BCUT2D eigenvalue weighted by molar-refractivity contribution is -0.384. The molecule has 1 atom stereocenters. The van der Waals surface area contributed by atoms with E-state index in [1.54, 1.807) is 13.0 Å². The van der Waals surface area contributed by atoms with Crippen LogP contribution >= 0.6 is 0 Å². The van der Waals surface area contributed by atoms with Crippen LogP contribution in [-0.4, -0.2) is 28.3 Å². The Morgan fingerprint density at radius 1 is 1.48 bits per heavy atom. The quantitative estimate of drug-likeness (QED) is 0.569. The van der Waals surface area contributed by atoms with E-state index in [2.05, 4.69) is 5.32 Å². The minimum Gasteiger partial charge on any atom is -0.490 e. The lowest BCUT2D eigenvalue weighted by Crippen LogP contribution is -2.31. The van der Waals surface area contributed by atoms with Crippen molar-refractivity contribution in [2.75, 3.05) is 6.61 Å². The molecule has 0 fully saturated rings. The number of aliphatic hydroxyl groups is 1. The van der Waals surface area contributed by atoms with Gasteiger partial charge in [0.2, 0.25) is 0 Å². The van der Waals surface area contributed by atoms with Crippen LogP contribution in [0.2, 0.25) is 0 Å². The molecule has 0 aliphatic heterocycles. The molecular weight excluding hydrogens is 272 g/mol. The van der Waals surface area contributed by atoms with Gasteiger partial charge in [0.05, 0.1) is 10.5 Å². The van der Waals surface area contributed by atoms with Gasteiger partial charge in [-0.2, -0.15) is 0 Å². The first kappa shape index (κ1) is 17.4. The van der Waals surface area contributed by atoms with Gasteiger partial charge in [0.15, 0.2) is 0 Å². The molecule has 21 heavy (non-hydrogen) atoms. The molecular formula is C15H24N2O4. The summed E-state index contributed by atoms with van der Waals surface area (Å²) in [6.45, 7) is 8.20. The molecule has 0 amide bonds. The number of rotatable bonds is 8. The Kier molecular flexibility index (Phi) is 6.11. The SMILES string of the molecule is CCC(C)(O)COc1ccc([N+](=O)[O-])cc1CNC(C)C. The molecule has 0 saturated carbocycles. The smallest absolute Gasteiger partial charge is 0.270 e. The Bertz CT molecular complexity index is 487. The molecule has 0 saturated heterocycles. The maximum Gasteiger partial charge on any atom is 0.270 e. The van der Waals surface area contributed by atoms with E-state index in [0.29, 0.717) is 24.3 Å². The van der Waals surface area contributed by atoms with Crippen LogP contribution in [0.4, 0.5) is 5.69 Å². The molecule has 1 rings (SSSR count). The van der Waals surface area contributed by atoms with E-state index in [4.69, 9.17) is 4.74 Å². The number of hydrogen-bond donors (Lipinski definition) is 2. The highest BCUT2D eigenvalue weighted by Gasteiger charge is 2.20. The van der Waals surface area contributed by atoms with Crippen molar-refractivity contribution in [3.63, 3.8) is 0 Å². The van der Waals surface area contributed by atoms with Crippen molar-refractivity contribution in [3.8, 4) is 5.75 Å². The van der Waals surface area contributed by atoms with Gasteiger partial charge >= 0.3 is 0 Å². The van der Waals surface area contributed by atoms with Crippen LogP contribution in [0, 0.1) is 10.1 Å². The number of nitro benzene ring substituents is 1. The van der Waals surface area contributed by atoms with Crippen molar-refractivity contribution in [3.05, 3.63) is 33.9 Å². The molecule has 0 aliphatic carbocycles. The lowest BCUT2D eigenvalue weighted by atomic mass is 10.1. The molecule has 1 aromatic rings. The zero-order valence-electron chi connectivity index (χ0n) is 13.0. The Balaban J connectivity index is 2.92. The fourth-order valence-corrected chi connectivity index (χ4v) is 1.61. The van der Waals surface area contributed by atoms with Crippen LogP contribution in [0.3, 0.4) is 0 Å². The lowest BCUT2D eigenvalue weighted by Gasteiger charge is -2.22. The minimum absolute atomic E-state index is 0.0326. The van der Waals surface area contributed by atoms with Gasteiger partial charge in [0.25, 0.3) is 5.69 Å². The number of nitrogens with zero attached hydrogens (tertiary/aromatic N) is 1. The predicted molar refractivity (Wildman–Crippen MR) is 81.5 cm³/mol. The standard InChI is InChI=1S/C15H24N2O4/c1-5-15(4,18)10-21-14-7-6-13(17(19)20)8-12(14)9-16-11(2)3/h6-8,11,16,18H,5,9-10H2,1-4H3. The fourth-order valence-electron chi connectivity index (χ4n) is 1.61. The maximum absolute atomic E-state index is 10.9. The number of benzene rings is 1. The van der Waals surface area contributed by atoms with Gasteiger partial charge in [-0.05, 0) is 19.4 Å². The molecule has 0 bridgehead atoms. The summed E-state index contributed by atoms with van der Waals surface area (Å²) in [4.78, 5) is 10.4. The van der Waals surface area contributed by atoms with Crippen molar-refractivity contribution in [2.45, 2.75) is 52.3 Å². The van der Waals surface area contributed by atoms with E-state index in [9.17, 15) is 15.2 Å². The van der Waals surface area contributed by atoms with Gasteiger partial charge in [-0.3, -0.25) is 10.1 Å². The summed E-state index contributed by atoms with van der Waals surface area (Å²) in [7, 11) is 0. The highest BCUT2D eigenvalue weighted by molar-refractivity contribution is 5.43. The summed E-state index contributed by atoms with van der Waals surface area (Å²) in [5.41, 5.74) is -0.167. The summed E-state index contributed by atoms with van der Waals surface area (Å²) < 4.78 is 5.65. The summed E-state index contributed by atoms with van der Waals surface area (Å²) in [6, 6.07) is 4.76. The van der Waals surface area contributed by atoms with E-state index in [1.807, 2.05) is 20.8 Å². The van der Waals surface area contributed by atoms with Crippen molar-refractivity contribution in [1.82, 2.24) is 5.32 Å². The van der Waals surface area contributed by atoms with Gasteiger partial charge in [0.1, 0.15) is 12.4 Å². The number of hydrogen-bond acceptors (Lipinski definition) is 5. The Morgan fingerprint density at radius 2 is 2.14 bits per heavy atom. The van der Waals surface area contributed by atoms with Crippen LogP contribution in [0.25, 0.3) is 0 Å². The van der Waals surface area contributed by atoms with Crippen molar-refractivity contribution in [2.24, 2.45) is 0 Å². The van der Waals surface area contributed by atoms with E-state index >= 15 is 0 Å². The second kappa shape index (κ2) is 7.38. The Labute approximate surface area is 125 Å². The zero-order valence-corrected chi connectivity index (χ0v) is 13.0. The largest absolute Gasteiger partial charge is 0.490 e. The Morgan fingerprint density at radius 3 is 2.67 bits per heavy atom. The summed E-state index contributed by atoms with van der Waals surface area (Å²) >= 11 is 0. The monoisotopic (exact) mass is 296 g/mol. The van der Waals surface area contributed by atoms with Gasteiger partial charge in [-0.15, -0.1) is 0 Å². The van der Waals surface area contributed by atoms with E-state index in [0.717, 1.165) is 0 Å². The molecule has 6 nitrogen and oxygen atoms in total. The van der Waals surface area contributed by atoms with Crippen LogP contribution in [0.15, 0.2) is 18.2 Å². The zero-order chi connectivity index (χ0) is 16.0. The molecule has 6 heteroatoms. The third-order valence-electron chi connectivity index (χ3n) is 3.26. The topological polar surface area (TPSA) is 84.6 Å². The van der Waals surface area contributed by atoms with Crippen LogP contribution in [0.1, 0.15) is 39.7 Å². The average molecular weight is 296 g/mol. The number of ether oxygens (including phenoxy) is 1.